The van der Waals surface area contributed by atoms with E-state index in [0.717, 1.165) is 19.3 Å². The highest BCUT2D eigenvalue weighted by Crippen LogP contribution is 2.17. The van der Waals surface area contributed by atoms with Crippen LogP contribution in [0.5, 0.6) is 0 Å². The van der Waals surface area contributed by atoms with Crippen molar-refractivity contribution < 1.29 is 5.11 Å². The average molecular weight is 240 g/mol. The van der Waals surface area contributed by atoms with Gasteiger partial charge in [0.15, 0.2) is 0 Å². The molecule has 0 spiro atoms. The Morgan fingerprint density at radius 3 is 2.67 bits per heavy atom. The Morgan fingerprint density at radius 2 is 1.89 bits per heavy atom. The van der Waals surface area contributed by atoms with Gasteiger partial charge in [-0.2, -0.15) is 0 Å². The molecule has 0 radical (unpaired) electrons. The maximum Gasteiger partial charge on any atom is 0.0720 e. The Kier molecular flexibility index (Phi) is 4.54. The highest BCUT2D eigenvalue weighted by Gasteiger charge is 2.00. The van der Waals surface area contributed by atoms with Crippen LogP contribution in [0.1, 0.15) is 25.3 Å². The number of aryl methyl sites for hydroxylation is 1. The van der Waals surface area contributed by atoms with Crippen LogP contribution in [0.2, 0.25) is 0 Å². The second-order valence-corrected chi connectivity index (χ2v) is 4.67. The first-order valence-corrected chi connectivity index (χ1v) is 6.58. The molecule has 2 aromatic carbocycles. The first kappa shape index (κ1) is 12.8. The molecule has 1 nitrogen and oxygen atoms in total. The van der Waals surface area contributed by atoms with E-state index in [0.29, 0.717) is 0 Å². The molecule has 0 aliphatic carbocycles. The second kappa shape index (κ2) is 6.36. The average Bonchev–Trinajstić information content (AvgIpc) is 2.39. The van der Waals surface area contributed by atoms with Gasteiger partial charge >= 0.3 is 0 Å². The summed E-state index contributed by atoms with van der Waals surface area (Å²) in [5.74, 6) is 0. The molecule has 0 heterocycles. The fourth-order valence-electron chi connectivity index (χ4n) is 2.23. The number of fused-ring (bicyclic) bond motifs is 1. The molecule has 2 rings (SSSR count). The van der Waals surface area contributed by atoms with Crippen molar-refractivity contribution in [2.45, 2.75) is 32.3 Å². The summed E-state index contributed by atoms with van der Waals surface area (Å²) >= 11 is 0. The second-order valence-electron chi connectivity index (χ2n) is 4.67. The van der Waals surface area contributed by atoms with Crippen molar-refractivity contribution in [2.75, 3.05) is 0 Å². The van der Waals surface area contributed by atoms with Crippen LogP contribution in [-0.2, 0) is 6.42 Å². The van der Waals surface area contributed by atoms with E-state index in [2.05, 4.69) is 42.5 Å². The van der Waals surface area contributed by atoms with E-state index in [1.54, 1.807) is 0 Å². The minimum Gasteiger partial charge on any atom is -0.389 e. The molecular formula is C17H20O. The van der Waals surface area contributed by atoms with Crippen LogP contribution < -0.4 is 0 Å². The van der Waals surface area contributed by atoms with E-state index in [1.165, 1.54) is 16.3 Å². The SMILES string of the molecule is CC=C[C@@H](O)CCCc1ccc2ccccc2c1. The lowest BCUT2D eigenvalue weighted by Gasteiger charge is -2.06. The maximum absolute atomic E-state index is 9.61. The third-order valence-electron chi connectivity index (χ3n) is 3.19. The molecule has 0 aliphatic heterocycles. The molecule has 0 fully saturated rings. The molecule has 0 unspecified atom stereocenters. The van der Waals surface area contributed by atoms with Crippen molar-refractivity contribution in [3.05, 3.63) is 60.2 Å². The molecule has 0 saturated heterocycles. The molecule has 2 aromatic rings. The van der Waals surface area contributed by atoms with E-state index >= 15 is 0 Å². The Bertz CT molecular complexity index is 528. The van der Waals surface area contributed by atoms with E-state index < -0.39 is 0 Å². The lowest BCUT2D eigenvalue weighted by Crippen LogP contribution is -2.02. The van der Waals surface area contributed by atoms with Crippen molar-refractivity contribution >= 4 is 10.8 Å². The first-order valence-electron chi connectivity index (χ1n) is 6.58. The summed E-state index contributed by atoms with van der Waals surface area (Å²) in [7, 11) is 0. The fraction of sp³-hybridized carbons (Fsp3) is 0.294. The van der Waals surface area contributed by atoms with Gasteiger partial charge in [0.2, 0.25) is 0 Å². The standard InChI is InChI=1S/C17H20O/c1-2-6-17(18)10-5-7-14-11-12-15-8-3-4-9-16(15)13-14/h2-4,6,8-9,11-13,17-18H,5,7,10H2,1H3/t17-/m1/s1. The third kappa shape index (κ3) is 3.44. The summed E-state index contributed by atoms with van der Waals surface area (Å²) in [6.07, 6.45) is 6.33. The number of rotatable bonds is 5. The van der Waals surface area contributed by atoms with Gasteiger partial charge in [-0.1, -0.05) is 54.6 Å². The summed E-state index contributed by atoms with van der Waals surface area (Å²) in [6.45, 7) is 1.94. The minimum atomic E-state index is -0.296. The summed E-state index contributed by atoms with van der Waals surface area (Å²) in [5.41, 5.74) is 1.35. The molecule has 18 heavy (non-hydrogen) atoms. The Balaban J connectivity index is 1.95. The van der Waals surface area contributed by atoms with Crippen LogP contribution >= 0.6 is 0 Å². The van der Waals surface area contributed by atoms with Crippen molar-refractivity contribution in [2.24, 2.45) is 0 Å². The van der Waals surface area contributed by atoms with E-state index in [-0.39, 0.29) is 6.10 Å². The van der Waals surface area contributed by atoms with Crippen molar-refractivity contribution in [1.29, 1.82) is 0 Å². The van der Waals surface area contributed by atoms with Crippen LogP contribution in [0.4, 0.5) is 0 Å². The highest BCUT2D eigenvalue weighted by atomic mass is 16.3. The van der Waals surface area contributed by atoms with Crippen LogP contribution in [0.25, 0.3) is 10.8 Å². The molecular weight excluding hydrogens is 220 g/mol. The number of aliphatic hydroxyl groups is 1. The van der Waals surface area contributed by atoms with Gasteiger partial charge in [0.25, 0.3) is 0 Å². The van der Waals surface area contributed by atoms with Gasteiger partial charge in [-0.25, -0.2) is 0 Å². The monoisotopic (exact) mass is 240 g/mol. The smallest absolute Gasteiger partial charge is 0.0720 e. The number of benzene rings is 2. The number of aliphatic hydroxyl groups excluding tert-OH is 1. The summed E-state index contributed by atoms with van der Waals surface area (Å²) in [6, 6.07) is 15.0. The molecule has 0 bridgehead atoms. The lowest BCUT2D eigenvalue weighted by molar-refractivity contribution is 0.209. The summed E-state index contributed by atoms with van der Waals surface area (Å²) in [5, 5.41) is 12.2. The zero-order valence-electron chi connectivity index (χ0n) is 10.8. The van der Waals surface area contributed by atoms with Gasteiger partial charge in [-0.15, -0.1) is 0 Å². The van der Waals surface area contributed by atoms with Crippen LogP contribution in [0.3, 0.4) is 0 Å². The molecule has 0 aromatic heterocycles. The summed E-state index contributed by atoms with van der Waals surface area (Å²) < 4.78 is 0. The Morgan fingerprint density at radius 1 is 1.11 bits per heavy atom. The van der Waals surface area contributed by atoms with Gasteiger partial charge in [0, 0.05) is 0 Å². The fourth-order valence-corrected chi connectivity index (χ4v) is 2.23. The predicted octanol–water partition coefficient (Wildman–Crippen LogP) is 4.10. The zero-order chi connectivity index (χ0) is 12.8. The van der Waals surface area contributed by atoms with Crippen molar-refractivity contribution in [3.63, 3.8) is 0 Å². The quantitative estimate of drug-likeness (QED) is 0.780. The Hall–Kier alpha value is -1.60. The first-order chi connectivity index (χ1) is 8.79. The van der Waals surface area contributed by atoms with Crippen molar-refractivity contribution in [1.82, 2.24) is 0 Å². The van der Waals surface area contributed by atoms with Gasteiger partial charge in [0.1, 0.15) is 0 Å². The van der Waals surface area contributed by atoms with Gasteiger partial charge in [-0.05, 0) is 42.5 Å². The predicted molar refractivity (Wildman–Crippen MR) is 77.7 cm³/mol. The highest BCUT2D eigenvalue weighted by molar-refractivity contribution is 5.82. The molecule has 94 valence electrons. The normalized spacial score (nSPS) is 13.2. The lowest BCUT2D eigenvalue weighted by atomic mass is 10.0. The maximum atomic E-state index is 9.61. The van der Waals surface area contributed by atoms with Crippen molar-refractivity contribution in [3.8, 4) is 0 Å². The van der Waals surface area contributed by atoms with Gasteiger partial charge in [0.05, 0.1) is 6.10 Å². The molecule has 0 amide bonds. The molecule has 1 N–H and O–H groups in total. The van der Waals surface area contributed by atoms with Gasteiger partial charge in [-0.3, -0.25) is 0 Å². The molecule has 1 atom stereocenters. The zero-order valence-corrected chi connectivity index (χ0v) is 10.8. The topological polar surface area (TPSA) is 20.2 Å². The van der Waals surface area contributed by atoms with E-state index in [4.69, 9.17) is 0 Å². The number of hydrogen-bond donors (Lipinski definition) is 1. The largest absolute Gasteiger partial charge is 0.389 e. The van der Waals surface area contributed by atoms with Crippen LogP contribution in [-0.4, -0.2) is 11.2 Å². The molecule has 0 aliphatic rings. The molecule has 1 heteroatoms. The third-order valence-corrected chi connectivity index (χ3v) is 3.19. The number of allylic oxidation sites excluding steroid dienone is 1. The van der Waals surface area contributed by atoms with Gasteiger partial charge < -0.3 is 5.11 Å². The van der Waals surface area contributed by atoms with Crippen LogP contribution in [0, 0.1) is 0 Å². The Labute approximate surface area is 109 Å². The van der Waals surface area contributed by atoms with Crippen LogP contribution in [0.15, 0.2) is 54.6 Å². The van der Waals surface area contributed by atoms with E-state index in [1.807, 2.05) is 19.1 Å². The summed E-state index contributed by atoms with van der Waals surface area (Å²) in [4.78, 5) is 0. The number of hydrogen-bond acceptors (Lipinski definition) is 1. The minimum absolute atomic E-state index is 0.296. The molecule has 0 saturated carbocycles. The van der Waals surface area contributed by atoms with E-state index in [9.17, 15) is 5.11 Å².